The first kappa shape index (κ1) is 15.5. The third-order valence-corrected chi connectivity index (χ3v) is 4.98. The predicted octanol–water partition coefficient (Wildman–Crippen LogP) is 2.37. The minimum atomic E-state index is -0.932. The van der Waals surface area contributed by atoms with Crippen LogP contribution < -0.4 is 16.6 Å². The molecule has 0 saturated carbocycles. The monoisotopic (exact) mass is 361 g/mol. The molecule has 132 valence electrons. The van der Waals surface area contributed by atoms with Gasteiger partial charge in [-0.3, -0.25) is 19.6 Å². The number of rotatable bonds is 1. The van der Waals surface area contributed by atoms with Crippen molar-refractivity contribution in [2.45, 2.75) is 5.92 Å². The Labute approximate surface area is 151 Å². The van der Waals surface area contributed by atoms with E-state index in [4.69, 9.17) is 0 Å². The molecule has 0 saturated heterocycles. The summed E-state index contributed by atoms with van der Waals surface area (Å²) in [4.78, 5) is 42.2. The Balaban J connectivity index is 1.88. The van der Waals surface area contributed by atoms with Gasteiger partial charge in [0.15, 0.2) is 5.78 Å². The van der Waals surface area contributed by atoms with E-state index in [0.29, 0.717) is 22.4 Å². The molecule has 1 aliphatic heterocycles. The van der Waals surface area contributed by atoms with Crippen LogP contribution in [-0.2, 0) is 0 Å². The highest BCUT2D eigenvalue weighted by atomic mass is 19.1. The Hall–Kier alpha value is -3.74. The van der Waals surface area contributed by atoms with Crippen LogP contribution in [0, 0.1) is 5.82 Å². The first-order chi connectivity index (χ1) is 13.1. The quantitative estimate of drug-likeness (QED) is 0.620. The smallest absolute Gasteiger partial charge is 0.327 e. The van der Waals surface area contributed by atoms with E-state index in [-0.39, 0.29) is 22.7 Å². The Morgan fingerprint density at radius 3 is 2.33 bits per heavy atom. The Bertz CT molecular complexity index is 1290. The molecule has 0 bridgehead atoms. The number of H-pyrrole nitrogens is 2. The lowest BCUT2D eigenvalue weighted by Crippen LogP contribution is -2.33. The molecule has 0 fully saturated rings. The van der Waals surface area contributed by atoms with E-state index in [9.17, 15) is 18.8 Å². The van der Waals surface area contributed by atoms with Crippen molar-refractivity contribution < 1.29 is 9.18 Å². The van der Waals surface area contributed by atoms with E-state index in [0.717, 1.165) is 0 Å². The van der Waals surface area contributed by atoms with E-state index in [1.807, 2.05) is 0 Å². The summed E-state index contributed by atoms with van der Waals surface area (Å²) in [6.45, 7) is 0. The van der Waals surface area contributed by atoms with Gasteiger partial charge in [0.1, 0.15) is 11.6 Å². The number of carbonyl (C=O) groups excluding carboxylic acids is 1. The highest BCUT2D eigenvalue weighted by molar-refractivity contribution is 6.23. The summed E-state index contributed by atoms with van der Waals surface area (Å²) < 4.78 is 14.7. The number of ketones is 1. The third kappa shape index (κ3) is 2.08. The van der Waals surface area contributed by atoms with Gasteiger partial charge in [-0.1, -0.05) is 42.5 Å². The number of hydrogen-bond acceptors (Lipinski definition) is 4. The minimum Gasteiger partial charge on any atom is -0.340 e. The summed E-state index contributed by atoms with van der Waals surface area (Å²) >= 11 is 0. The summed E-state index contributed by atoms with van der Waals surface area (Å²) in [5, 5.41) is 3.01. The van der Waals surface area contributed by atoms with Crippen LogP contribution in [-0.4, -0.2) is 15.8 Å². The molecule has 7 heteroatoms. The molecule has 1 aromatic heterocycles. The van der Waals surface area contributed by atoms with Crippen molar-refractivity contribution in [1.82, 2.24) is 9.97 Å². The summed E-state index contributed by atoms with van der Waals surface area (Å²) in [6, 6.07) is 13.0. The molecule has 2 aliphatic rings. The lowest BCUT2D eigenvalue weighted by atomic mass is 9.81. The van der Waals surface area contributed by atoms with Crippen LogP contribution in [0.3, 0.4) is 0 Å². The number of halogens is 1. The molecule has 0 amide bonds. The van der Waals surface area contributed by atoms with Gasteiger partial charge in [0, 0.05) is 22.3 Å². The standard InChI is InChI=1S/C20H12FN3O3/c21-12-8-4-3-7-11(12)13-14-16(9-5-1-2-6-10(9)17(14)25)22-18-15(13)19(26)24-20(27)23-18/h1-8,13H,(H3,22,23,24,26,27)/t13-/m0/s1. The van der Waals surface area contributed by atoms with Gasteiger partial charge in [0.25, 0.3) is 5.56 Å². The summed E-state index contributed by atoms with van der Waals surface area (Å²) in [7, 11) is 0. The van der Waals surface area contributed by atoms with Crippen molar-refractivity contribution in [2.24, 2.45) is 0 Å². The van der Waals surface area contributed by atoms with Gasteiger partial charge in [-0.15, -0.1) is 0 Å². The topological polar surface area (TPSA) is 94.8 Å². The molecule has 3 N–H and O–H groups in total. The number of hydrogen-bond donors (Lipinski definition) is 3. The van der Waals surface area contributed by atoms with Gasteiger partial charge in [0.05, 0.1) is 17.2 Å². The molecule has 3 aromatic rings. The molecule has 27 heavy (non-hydrogen) atoms. The summed E-state index contributed by atoms with van der Waals surface area (Å²) in [6.07, 6.45) is 0. The number of anilines is 1. The van der Waals surface area contributed by atoms with Crippen molar-refractivity contribution >= 4 is 17.3 Å². The predicted molar refractivity (Wildman–Crippen MR) is 97.2 cm³/mol. The van der Waals surface area contributed by atoms with Crippen molar-refractivity contribution in [3.8, 4) is 0 Å². The van der Waals surface area contributed by atoms with Crippen molar-refractivity contribution in [3.05, 3.63) is 103 Å². The van der Waals surface area contributed by atoms with Gasteiger partial charge in [-0.05, 0) is 6.07 Å². The zero-order valence-corrected chi connectivity index (χ0v) is 13.8. The van der Waals surface area contributed by atoms with Crippen LogP contribution in [0.4, 0.5) is 10.2 Å². The molecule has 2 aromatic carbocycles. The van der Waals surface area contributed by atoms with Crippen molar-refractivity contribution in [1.29, 1.82) is 0 Å². The van der Waals surface area contributed by atoms with Crippen LogP contribution in [0.5, 0.6) is 0 Å². The van der Waals surface area contributed by atoms with Gasteiger partial charge in [0.2, 0.25) is 0 Å². The lowest BCUT2D eigenvalue weighted by molar-refractivity contribution is 0.103. The Morgan fingerprint density at radius 1 is 0.852 bits per heavy atom. The zero-order chi connectivity index (χ0) is 18.7. The van der Waals surface area contributed by atoms with Gasteiger partial charge in [-0.2, -0.15) is 0 Å². The van der Waals surface area contributed by atoms with Crippen LogP contribution in [0.15, 0.2) is 63.7 Å². The maximum atomic E-state index is 14.7. The number of carbonyl (C=O) groups is 1. The molecule has 0 spiro atoms. The first-order valence-corrected chi connectivity index (χ1v) is 8.32. The van der Waals surface area contributed by atoms with Crippen LogP contribution in [0.1, 0.15) is 33.0 Å². The number of allylic oxidation sites excluding steroid dienone is 1. The van der Waals surface area contributed by atoms with Crippen molar-refractivity contribution in [3.63, 3.8) is 0 Å². The molecule has 6 nitrogen and oxygen atoms in total. The SMILES string of the molecule is O=C1C2=C(Nc3[nH]c(=O)[nH]c(=O)c3[C@H]2c2ccccc2F)c2ccccc21. The van der Waals surface area contributed by atoms with E-state index >= 15 is 0 Å². The molecule has 0 radical (unpaired) electrons. The fourth-order valence-electron chi connectivity index (χ4n) is 3.87. The zero-order valence-electron chi connectivity index (χ0n) is 13.8. The number of aromatic nitrogens is 2. The molecule has 5 rings (SSSR count). The van der Waals surface area contributed by atoms with E-state index in [1.165, 1.54) is 6.07 Å². The number of aromatic amines is 2. The molecular weight excluding hydrogens is 349 g/mol. The van der Waals surface area contributed by atoms with Crippen LogP contribution in [0.2, 0.25) is 0 Å². The summed E-state index contributed by atoms with van der Waals surface area (Å²) in [5.41, 5.74) is 0.883. The van der Waals surface area contributed by atoms with Crippen molar-refractivity contribution in [2.75, 3.05) is 5.32 Å². The largest absolute Gasteiger partial charge is 0.340 e. The Kier molecular flexibility index (Phi) is 3.09. The third-order valence-electron chi connectivity index (χ3n) is 4.98. The first-order valence-electron chi connectivity index (χ1n) is 8.32. The highest BCUT2D eigenvalue weighted by Gasteiger charge is 2.42. The molecule has 1 atom stereocenters. The molecule has 2 heterocycles. The Morgan fingerprint density at radius 2 is 1.56 bits per heavy atom. The number of Topliss-reactive ketones (excluding diaryl/α,β-unsaturated/α-hetero) is 1. The number of nitrogens with one attached hydrogen (secondary N) is 3. The van der Waals surface area contributed by atoms with E-state index < -0.39 is 23.0 Å². The molecular formula is C20H12FN3O3. The fraction of sp³-hybridized carbons (Fsp3) is 0.0500. The molecule has 1 aliphatic carbocycles. The van der Waals surface area contributed by atoms with E-state index in [2.05, 4.69) is 15.3 Å². The number of benzene rings is 2. The highest BCUT2D eigenvalue weighted by Crippen LogP contribution is 2.47. The average molecular weight is 361 g/mol. The second-order valence-corrected chi connectivity index (χ2v) is 6.44. The van der Waals surface area contributed by atoms with Gasteiger partial charge >= 0.3 is 5.69 Å². The van der Waals surface area contributed by atoms with E-state index in [1.54, 1.807) is 42.5 Å². The normalized spacial score (nSPS) is 17.2. The van der Waals surface area contributed by atoms with Gasteiger partial charge < -0.3 is 5.32 Å². The fourth-order valence-corrected chi connectivity index (χ4v) is 3.87. The second-order valence-electron chi connectivity index (χ2n) is 6.44. The maximum absolute atomic E-state index is 14.7. The second kappa shape index (κ2) is 5.38. The minimum absolute atomic E-state index is 0.111. The number of fused-ring (bicyclic) bond motifs is 3. The molecule has 0 unspecified atom stereocenters. The maximum Gasteiger partial charge on any atom is 0.327 e. The van der Waals surface area contributed by atoms with Crippen LogP contribution >= 0.6 is 0 Å². The lowest BCUT2D eigenvalue weighted by Gasteiger charge is -2.27. The van der Waals surface area contributed by atoms with Crippen LogP contribution in [0.25, 0.3) is 5.70 Å². The van der Waals surface area contributed by atoms with Gasteiger partial charge in [-0.25, -0.2) is 9.18 Å². The summed E-state index contributed by atoms with van der Waals surface area (Å²) in [5.74, 6) is -1.56. The average Bonchev–Trinajstić information content (AvgIpc) is 2.93.